The summed E-state index contributed by atoms with van der Waals surface area (Å²) in [6.45, 7) is 6.29. The van der Waals surface area contributed by atoms with E-state index in [0.717, 1.165) is 37.6 Å². The molecule has 3 aliphatic rings. The molecule has 3 saturated heterocycles. The Balaban J connectivity index is 1.32. The Morgan fingerprint density at radius 3 is 2.85 bits per heavy atom. The van der Waals surface area contributed by atoms with Gasteiger partial charge in [-0.15, -0.1) is 0 Å². The van der Waals surface area contributed by atoms with Crippen molar-refractivity contribution in [3.63, 3.8) is 0 Å². The molecule has 46 heavy (non-hydrogen) atoms. The van der Waals surface area contributed by atoms with Gasteiger partial charge >= 0.3 is 11.8 Å². The number of amides is 1. The minimum atomic E-state index is -0.903. The summed E-state index contributed by atoms with van der Waals surface area (Å²) < 4.78 is 39.3. The van der Waals surface area contributed by atoms with Crippen LogP contribution in [0.2, 0.25) is 5.02 Å². The number of carbonyl (C=O) groups excluding carboxylic acids is 1. The van der Waals surface area contributed by atoms with Gasteiger partial charge in [0.25, 0.3) is 0 Å². The van der Waals surface area contributed by atoms with Crippen LogP contribution in [-0.4, -0.2) is 93.0 Å². The van der Waals surface area contributed by atoms with E-state index in [1.165, 1.54) is 6.08 Å². The van der Waals surface area contributed by atoms with Crippen molar-refractivity contribution < 1.29 is 22.9 Å². The van der Waals surface area contributed by atoms with Crippen molar-refractivity contribution in [1.29, 1.82) is 0 Å². The second-order valence-electron chi connectivity index (χ2n) is 12.7. The van der Waals surface area contributed by atoms with Crippen molar-refractivity contribution >= 4 is 51.2 Å². The maximum absolute atomic E-state index is 16.7. The molecule has 3 atom stereocenters. The topological polar surface area (TPSA) is 74.5 Å². The number of halogens is 3. The quantitative estimate of drug-likeness (QED) is 0.132. The summed E-state index contributed by atoms with van der Waals surface area (Å²) >= 11 is 6.60. The van der Waals surface area contributed by atoms with Gasteiger partial charge < -0.3 is 9.64 Å². The van der Waals surface area contributed by atoms with Gasteiger partial charge in [-0.1, -0.05) is 48.5 Å². The summed E-state index contributed by atoms with van der Waals surface area (Å²) in [6.07, 6.45) is 7.97. The van der Waals surface area contributed by atoms with E-state index in [1.807, 2.05) is 42.1 Å². The average molecular weight is 646 g/mol. The summed E-state index contributed by atoms with van der Waals surface area (Å²) in [7, 11) is 1.85. The Labute approximate surface area is 271 Å². The highest BCUT2D eigenvalue weighted by Crippen LogP contribution is 2.41. The highest BCUT2D eigenvalue weighted by atomic mass is 35.5. The van der Waals surface area contributed by atoms with Gasteiger partial charge in [-0.05, 0) is 49.8 Å². The molecule has 1 unspecified atom stereocenters. The molecule has 0 spiro atoms. The lowest BCUT2D eigenvalue weighted by atomic mass is 9.95. The molecule has 0 bridgehead atoms. The molecule has 3 fully saturated rings. The normalized spacial score (nSPS) is 23.7. The van der Waals surface area contributed by atoms with Gasteiger partial charge in [0.1, 0.15) is 29.4 Å². The second-order valence-corrected chi connectivity index (χ2v) is 13.1. The van der Waals surface area contributed by atoms with Gasteiger partial charge in [0.15, 0.2) is 5.82 Å². The molecule has 8 nitrogen and oxygen atoms in total. The van der Waals surface area contributed by atoms with Gasteiger partial charge in [0.2, 0.25) is 5.91 Å². The third-order valence-corrected chi connectivity index (χ3v) is 10.0. The molecule has 11 heteroatoms. The summed E-state index contributed by atoms with van der Waals surface area (Å²) in [5.74, 6) is -0.230. The lowest BCUT2D eigenvalue weighted by Gasteiger charge is -2.30. The zero-order valence-corrected chi connectivity index (χ0v) is 26.5. The molecular formula is C35H36ClF2N6O2+. The van der Waals surface area contributed by atoms with E-state index in [1.54, 1.807) is 23.2 Å². The highest BCUT2D eigenvalue weighted by molar-refractivity contribution is 6.36. The molecule has 7 rings (SSSR count). The average Bonchev–Trinajstić information content (AvgIpc) is 3.59. The van der Waals surface area contributed by atoms with E-state index >= 15 is 4.39 Å². The first-order valence-electron chi connectivity index (χ1n) is 15.8. The van der Waals surface area contributed by atoms with Crippen LogP contribution in [0.1, 0.15) is 32.1 Å². The number of hydrogen-bond donors (Lipinski definition) is 0. The van der Waals surface area contributed by atoms with Gasteiger partial charge in [0, 0.05) is 59.1 Å². The van der Waals surface area contributed by atoms with Crippen LogP contribution in [-0.2, 0) is 4.79 Å². The number of rotatable bonds is 7. The molecule has 3 aliphatic heterocycles. The second kappa shape index (κ2) is 12.3. The summed E-state index contributed by atoms with van der Waals surface area (Å²) in [5.41, 5.74) is 0.327. The maximum atomic E-state index is 16.7. The van der Waals surface area contributed by atoms with Crippen LogP contribution in [0.5, 0.6) is 6.01 Å². The van der Waals surface area contributed by atoms with Crippen LogP contribution in [0.3, 0.4) is 0 Å². The predicted molar refractivity (Wildman–Crippen MR) is 175 cm³/mol. The maximum Gasteiger partial charge on any atom is 0.434 e. The van der Waals surface area contributed by atoms with Gasteiger partial charge in [-0.2, -0.15) is 4.98 Å². The standard InChI is InChI=1S/C35H36ClF2N6O2/c1-3-28(45)43-14-6-8-22(19-43)18-42(2)33-26-17-39-31(25-11-4-9-23-10-5-12-27(36)29(23)25)30(38)32(26)40-34(41-33)46-21-35-13-7-15-44(35)20-24(37)16-35/h3-5,9-12,17-18,22,24H,1,6-8,13-16,19-21H2,2H3/q+1/t22?,24-,35+/m1/s1. The fourth-order valence-electron chi connectivity index (χ4n) is 7.53. The van der Waals surface area contributed by atoms with Crippen LogP contribution in [0.15, 0.2) is 55.3 Å². The number of ether oxygens (including phenoxy) is 1. The zero-order chi connectivity index (χ0) is 32.0. The smallest absolute Gasteiger partial charge is 0.434 e. The molecule has 2 aromatic carbocycles. The minimum Gasteiger partial charge on any atom is -0.443 e. The number of benzene rings is 2. The van der Waals surface area contributed by atoms with Crippen molar-refractivity contribution in [1.82, 2.24) is 24.8 Å². The Bertz CT molecular complexity index is 1880. The van der Waals surface area contributed by atoms with Gasteiger partial charge in [-0.3, -0.25) is 14.7 Å². The van der Waals surface area contributed by atoms with Crippen molar-refractivity contribution in [2.45, 2.75) is 43.8 Å². The molecule has 0 N–H and O–H groups in total. The lowest BCUT2D eigenvalue weighted by molar-refractivity contribution is -0.405. The first-order valence-corrected chi connectivity index (χ1v) is 16.2. The van der Waals surface area contributed by atoms with Crippen molar-refractivity contribution in [2.24, 2.45) is 5.92 Å². The SMILES string of the molecule is C=CC(=O)N1CCCC(C=[N+](C)c2nc(OC[C@@]34CCCN3C[C@H](F)C4)nc3c(F)c(-c4cccc5cccc(Cl)c45)ncc23)C1. The number of aromatic nitrogens is 3. The van der Waals surface area contributed by atoms with E-state index in [4.69, 9.17) is 21.3 Å². The molecule has 4 aromatic rings. The summed E-state index contributed by atoms with van der Waals surface area (Å²) in [6, 6.07) is 11.1. The van der Waals surface area contributed by atoms with E-state index < -0.39 is 17.5 Å². The molecule has 2 aromatic heterocycles. The van der Waals surface area contributed by atoms with Gasteiger partial charge in [-0.25, -0.2) is 13.4 Å². The first-order chi connectivity index (χ1) is 22.3. The first kappa shape index (κ1) is 30.6. The Morgan fingerprint density at radius 2 is 2.02 bits per heavy atom. The monoisotopic (exact) mass is 645 g/mol. The predicted octanol–water partition coefficient (Wildman–Crippen LogP) is 6.36. The number of likely N-dealkylation sites (tertiary alicyclic amines) is 1. The fourth-order valence-corrected chi connectivity index (χ4v) is 7.81. The van der Waals surface area contributed by atoms with E-state index in [0.29, 0.717) is 53.2 Å². The molecular weight excluding hydrogens is 610 g/mol. The zero-order valence-electron chi connectivity index (χ0n) is 25.8. The number of fused-ring (bicyclic) bond motifs is 3. The van der Waals surface area contributed by atoms with Crippen LogP contribution in [0, 0.1) is 11.7 Å². The van der Waals surface area contributed by atoms with Crippen molar-refractivity contribution in [3.8, 4) is 17.3 Å². The number of carbonyl (C=O) groups is 1. The van der Waals surface area contributed by atoms with Crippen LogP contribution in [0.4, 0.5) is 14.6 Å². The molecule has 238 valence electrons. The van der Waals surface area contributed by atoms with Gasteiger partial charge in [0.05, 0.1) is 18.8 Å². The van der Waals surface area contributed by atoms with Crippen LogP contribution < -0.4 is 4.74 Å². The number of piperidine rings is 1. The minimum absolute atomic E-state index is 0.0189. The molecule has 1 amide bonds. The number of pyridine rings is 1. The largest absolute Gasteiger partial charge is 0.443 e. The Hall–Kier alpha value is -4.02. The third kappa shape index (κ3) is 5.51. The van der Waals surface area contributed by atoms with E-state index in [-0.39, 0.29) is 35.7 Å². The number of nitrogens with zero attached hydrogens (tertiary/aromatic N) is 6. The van der Waals surface area contributed by atoms with Crippen LogP contribution in [0.25, 0.3) is 32.9 Å². The highest BCUT2D eigenvalue weighted by Gasteiger charge is 2.49. The Morgan fingerprint density at radius 1 is 1.20 bits per heavy atom. The van der Waals surface area contributed by atoms with Crippen molar-refractivity contribution in [3.05, 3.63) is 66.1 Å². The molecule has 0 saturated carbocycles. The number of alkyl halides is 1. The lowest BCUT2D eigenvalue weighted by Crippen LogP contribution is -2.43. The van der Waals surface area contributed by atoms with Crippen molar-refractivity contribution in [2.75, 3.05) is 39.8 Å². The summed E-state index contributed by atoms with van der Waals surface area (Å²) in [4.78, 5) is 30.2. The fraction of sp³-hybridized carbons (Fsp3) is 0.400. The Kier molecular flexibility index (Phi) is 8.19. The van der Waals surface area contributed by atoms with E-state index in [2.05, 4.69) is 21.4 Å². The molecule has 0 radical (unpaired) electrons. The third-order valence-electron chi connectivity index (χ3n) is 9.70. The van der Waals surface area contributed by atoms with E-state index in [9.17, 15) is 9.18 Å². The molecule has 5 heterocycles. The molecule has 0 aliphatic carbocycles. The van der Waals surface area contributed by atoms with Crippen LogP contribution >= 0.6 is 11.6 Å². The number of hydrogen-bond acceptors (Lipinski definition) is 6. The summed E-state index contributed by atoms with van der Waals surface area (Å²) in [5, 5.41) is 2.48.